The highest BCUT2D eigenvalue weighted by Gasteiger charge is 2.62. The van der Waals surface area contributed by atoms with E-state index in [0.29, 0.717) is 55.1 Å². The second-order valence-corrected chi connectivity index (χ2v) is 12.7. The highest BCUT2D eigenvalue weighted by atomic mass is 16.5. The average molecular weight is 464 g/mol. The Morgan fingerprint density at radius 2 is 1.79 bits per heavy atom. The van der Waals surface area contributed by atoms with Crippen molar-refractivity contribution in [2.24, 2.45) is 46.3 Å². The Morgan fingerprint density at radius 3 is 2.55 bits per heavy atom. The van der Waals surface area contributed by atoms with Crippen LogP contribution in [0.3, 0.4) is 0 Å². The third-order valence-corrected chi connectivity index (χ3v) is 11.1. The van der Waals surface area contributed by atoms with Crippen LogP contribution in [-0.4, -0.2) is 48.6 Å². The van der Waals surface area contributed by atoms with Crippen molar-refractivity contribution in [2.45, 2.75) is 104 Å². The van der Waals surface area contributed by atoms with Crippen LogP contribution in [0.2, 0.25) is 0 Å². The fourth-order valence-corrected chi connectivity index (χ4v) is 9.27. The molecule has 5 heteroatoms. The van der Waals surface area contributed by atoms with Gasteiger partial charge >= 0.3 is 0 Å². The van der Waals surface area contributed by atoms with E-state index in [4.69, 9.17) is 4.74 Å². The number of aliphatic hydroxyl groups is 2. The lowest BCUT2D eigenvalue weighted by molar-refractivity contribution is -0.174. The molecule has 0 aromatic heterocycles. The second-order valence-electron chi connectivity index (χ2n) is 12.7. The molecule has 4 saturated carbocycles. The quantitative estimate of drug-likeness (QED) is 0.462. The number of carbonyl (C=O) groups excluding carboxylic acids is 1. The molecule has 4 aliphatic rings. The van der Waals surface area contributed by atoms with Crippen LogP contribution in [-0.2, 0) is 9.53 Å². The monoisotopic (exact) mass is 463 g/mol. The van der Waals surface area contributed by atoms with Crippen molar-refractivity contribution in [1.82, 2.24) is 5.32 Å². The molecule has 0 aromatic rings. The van der Waals surface area contributed by atoms with Gasteiger partial charge in [0.05, 0.1) is 12.2 Å². The van der Waals surface area contributed by atoms with Gasteiger partial charge < -0.3 is 20.3 Å². The van der Waals surface area contributed by atoms with Crippen molar-refractivity contribution in [3.05, 3.63) is 0 Å². The summed E-state index contributed by atoms with van der Waals surface area (Å²) in [5.74, 6) is 3.45. The van der Waals surface area contributed by atoms with Crippen molar-refractivity contribution >= 4 is 5.91 Å². The van der Waals surface area contributed by atoms with Gasteiger partial charge in [0.15, 0.2) is 0 Å². The first-order chi connectivity index (χ1) is 15.7. The third kappa shape index (κ3) is 4.76. The normalized spacial score (nSPS) is 45.6. The zero-order valence-electron chi connectivity index (χ0n) is 21.5. The van der Waals surface area contributed by atoms with Crippen LogP contribution < -0.4 is 5.32 Å². The molecule has 0 radical (unpaired) electrons. The van der Waals surface area contributed by atoms with Gasteiger partial charge in [0.1, 0.15) is 0 Å². The summed E-state index contributed by atoms with van der Waals surface area (Å²) >= 11 is 0. The summed E-state index contributed by atoms with van der Waals surface area (Å²) < 4.78 is 5.06. The predicted octanol–water partition coefficient (Wildman–Crippen LogP) is 4.55. The topological polar surface area (TPSA) is 78.8 Å². The van der Waals surface area contributed by atoms with E-state index in [1.807, 2.05) is 0 Å². The maximum atomic E-state index is 12.3. The minimum atomic E-state index is -0.213. The van der Waals surface area contributed by atoms with Crippen molar-refractivity contribution in [3.63, 3.8) is 0 Å². The van der Waals surface area contributed by atoms with Gasteiger partial charge in [-0.25, -0.2) is 0 Å². The predicted molar refractivity (Wildman–Crippen MR) is 131 cm³/mol. The van der Waals surface area contributed by atoms with Crippen molar-refractivity contribution in [2.75, 3.05) is 20.3 Å². The first-order valence-electron chi connectivity index (χ1n) is 13.8. The second kappa shape index (κ2) is 10.1. The highest BCUT2D eigenvalue weighted by molar-refractivity contribution is 5.75. The largest absolute Gasteiger partial charge is 0.393 e. The zero-order valence-corrected chi connectivity index (χ0v) is 21.5. The average Bonchev–Trinajstić information content (AvgIpc) is 3.13. The molecular formula is C28H49NO4. The third-order valence-electron chi connectivity index (χ3n) is 11.1. The summed E-state index contributed by atoms with van der Waals surface area (Å²) in [6.07, 6.45) is 10.8. The summed E-state index contributed by atoms with van der Waals surface area (Å²) in [7, 11) is 1.69. The first-order valence-corrected chi connectivity index (χ1v) is 13.8. The molecule has 5 nitrogen and oxygen atoms in total. The molecule has 0 aliphatic heterocycles. The lowest BCUT2D eigenvalue weighted by atomic mass is 9.43. The van der Waals surface area contributed by atoms with Crippen LogP contribution >= 0.6 is 0 Å². The molecule has 190 valence electrons. The Bertz CT molecular complexity index is 685. The van der Waals surface area contributed by atoms with Gasteiger partial charge in [-0.1, -0.05) is 20.8 Å². The molecule has 0 unspecified atom stereocenters. The van der Waals surface area contributed by atoms with Gasteiger partial charge in [0.25, 0.3) is 0 Å². The molecular weight excluding hydrogens is 414 g/mol. The minimum Gasteiger partial charge on any atom is -0.393 e. The zero-order chi connectivity index (χ0) is 23.8. The fourth-order valence-electron chi connectivity index (χ4n) is 9.27. The number of ether oxygens (including phenoxy) is 1. The lowest BCUT2D eigenvalue weighted by Crippen LogP contribution is -2.58. The van der Waals surface area contributed by atoms with Crippen LogP contribution in [0.25, 0.3) is 0 Å². The van der Waals surface area contributed by atoms with Crippen molar-refractivity contribution < 1.29 is 19.7 Å². The van der Waals surface area contributed by atoms with Crippen LogP contribution in [0.15, 0.2) is 0 Å². The van der Waals surface area contributed by atoms with Crippen LogP contribution in [0, 0.1) is 46.3 Å². The molecule has 4 aliphatic carbocycles. The van der Waals surface area contributed by atoms with Gasteiger partial charge in [-0.2, -0.15) is 0 Å². The number of aliphatic hydroxyl groups excluding tert-OH is 2. The molecule has 3 N–H and O–H groups in total. The maximum Gasteiger partial charge on any atom is 0.220 e. The maximum absolute atomic E-state index is 12.3. The SMILES string of the molecule is COCCCNC(=O)CC[C@H](C)[C@@H]1CC[C@@H]2[C@H]3[C@H](O)C[C@H]4C[C@@H](O)CC[C@@]4(C)[C@@H]3CC[C@]21C. The molecule has 0 bridgehead atoms. The molecule has 4 fully saturated rings. The summed E-state index contributed by atoms with van der Waals surface area (Å²) in [6, 6.07) is 0. The number of rotatable bonds is 8. The molecule has 4 rings (SSSR count). The Balaban J connectivity index is 1.39. The standard InChI is InChI=1S/C28H49NO4/c1-18(6-9-25(32)29-14-5-15-33-4)21-7-8-22-26-23(11-13-28(21,22)3)27(2)12-10-20(30)16-19(27)17-24(26)31/h18-24,26,30-31H,5-17H2,1-4H3,(H,29,32)/t18-,19+,20-,21-,22+,23+,24+,26+,27+,28-/m0/s1. The number of fused-ring (bicyclic) bond motifs is 5. The number of hydrogen-bond acceptors (Lipinski definition) is 4. The highest BCUT2D eigenvalue weighted by Crippen LogP contribution is 2.68. The molecule has 33 heavy (non-hydrogen) atoms. The fraction of sp³-hybridized carbons (Fsp3) is 0.964. The summed E-state index contributed by atoms with van der Waals surface area (Å²) in [5, 5.41) is 24.7. The lowest BCUT2D eigenvalue weighted by Gasteiger charge is -2.62. The van der Waals surface area contributed by atoms with E-state index >= 15 is 0 Å². The van der Waals surface area contributed by atoms with Gasteiger partial charge in [-0.15, -0.1) is 0 Å². The van der Waals surface area contributed by atoms with E-state index in [1.165, 1.54) is 25.7 Å². The Hall–Kier alpha value is -0.650. The minimum absolute atomic E-state index is 0.169. The Labute approximate surface area is 201 Å². The van der Waals surface area contributed by atoms with E-state index in [1.54, 1.807) is 7.11 Å². The smallest absolute Gasteiger partial charge is 0.220 e. The van der Waals surface area contributed by atoms with Crippen LogP contribution in [0.5, 0.6) is 0 Å². The number of hydrogen-bond donors (Lipinski definition) is 3. The van der Waals surface area contributed by atoms with Gasteiger partial charge in [-0.05, 0) is 111 Å². The molecule has 0 heterocycles. The number of amides is 1. The number of nitrogens with one attached hydrogen (secondary N) is 1. The van der Waals surface area contributed by atoms with E-state index < -0.39 is 0 Å². The molecule has 1 amide bonds. The van der Waals surface area contributed by atoms with Crippen molar-refractivity contribution in [1.29, 1.82) is 0 Å². The summed E-state index contributed by atoms with van der Waals surface area (Å²) in [6.45, 7) is 8.74. The molecule has 0 spiro atoms. The number of carbonyl (C=O) groups is 1. The Morgan fingerprint density at radius 1 is 1.06 bits per heavy atom. The molecule has 10 atom stereocenters. The van der Waals surface area contributed by atoms with Crippen LogP contribution in [0.1, 0.15) is 91.4 Å². The van der Waals surface area contributed by atoms with Crippen molar-refractivity contribution in [3.8, 4) is 0 Å². The van der Waals surface area contributed by atoms with E-state index in [0.717, 1.165) is 38.5 Å². The van der Waals surface area contributed by atoms with E-state index in [9.17, 15) is 15.0 Å². The van der Waals surface area contributed by atoms with Gasteiger partial charge in [-0.3, -0.25) is 4.79 Å². The van der Waals surface area contributed by atoms with Gasteiger partial charge in [0, 0.05) is 26.7 Å². The summed E-state index contributed by atoms with van der Waals surface area (Å²) in [5.41, 5.74) is 0.572. The van der Waals surface area contributed by atoms with E-state index in [-0.39, 0.29) is 28.9 Å². The van der Waals surface area contributed by atoms with Crippen LogP contribution in [0.4, 0.5) is 0 Å². The Kier molecular flexibility index (Phi) is 7.82. The van der Waals surface area contributed by atoms with E-state index in [2.05, 4.69) is 26.1 Å². The summed E-state index contributed by atoms with van der Waals surface area (Å²) in [4.78, 5) is 12.3. The van der Waals surface area contributed by atoms with Gasteiger partial charge in [0.2, 0.25) is 5.91 Å². The molecule has 0 aromatic carbocycles. The number of methoxy groups -OCH3 is 1. The first kappa shape index (κ1) is 25.4. The molecule has 0 saturated heterocycles.